The molecule has 0 radical (unpaired) electrons. The van der Waals surface area contributed by atoms with Crippen LogP contribution in [-0.2, 0) is 0 Å². The van der Waals surface area contributed by atoms with Gasteiger partial charge in [0.15, 0.2) is 0 Å². The third-order valence-electron chi connectivity index (χ3n) is 4.14. The molecule has 0 amide bonds. The molecule has 1 N–H and O–H groups in total. The SMILES string of the molecule is CNC(C(C)C)C1c2ccccc2Oc2ccccc21. The Kier molecular flexibility index (Phi) is 3.49. The Morgan fingerprint density at radius 1 is 0.900 bits per heavy atom. The number of ether oxygens (including phenoxy) is 1. The predicted molar refractivity (Wildman–Crippen MR) is 82.5 cm³/mol. The lowest BCUT2D eigenvalue weighted by Crippen LogP contribution is -2.38. The van der Waals surface area contributed by atoms with Crippen molar-refractivity contribution in [3.63, 3.8) is 0 Å². The number of benzene rings is 2. The zero-order valence-electron chi connectivity index (χ0n) is 12.3. The fraction of sp³-hybridized carbons (Fsp3) is 0.333. The number of rotatable bonds is 3. The van der Waals surface area contributed by atoms with Crippen LogP contribution in [0.15, 0.2) is 48.5 Å². The van der Waals surface area contributed by atoms with Gasteiger partial charge in [-0.15, -0.1) is 0 Å². The van der Waals surface area contributed by atoms with Gasteiger partial charge in [-0.25, -0.2) is 0 Å². The Labute approximate surface area is 120 Å². The summed E-state index contributed by atoms with van der Waals surface area (Å²) in [7, 11) is 2.05. The third-order valence-corrected chi connectivity index (χ3v) is 4.14. The minimum Gasteiger partial charge on any atom is -0.457 e. The maximum absolute atomic E-state index is 6.05. The summed E-state index contributed by atoms with van der Waals surface area (Å²) in [6.45, 7) is 4.53. The van der Waals surface area contributed by atoms with E-state index in [1.165, 1.54) is 11.1 Å². The predicted octanol–water partition coefficient (Wildman–Crippen LogP) is 4.17. The van der Waals surface area contributed by atoms with Gasteiger partial charge >= 0.3 is 0 Å². The zero-order valence-corrected chi connectivity index (χ0v) is 12.3. The second kappa shape index (κ2) is 5.29. The molecule has 20 heavy (non-hydrogen) atoms. The number of nitrogens with one attached hydrogen (secondary N) is 1. The number of hydrogen-bond acceptors (Lipinski definition) is 2. The molecule has 2 nitrogen and oxygen atoms in total. The monoisotopic (exact) mass is 267 g/mol. The molecular formula is C18H21NO. The maximum Gasteiger partial charge on any atom is 0.131 e. The summed E-state index contributed by atoms with van der Waals surface area (Å²) in [5.41, 5.74) is 2.55. The van der Waals surface area contributed by atoms with Gasteiger partial charge in [-0.3, -0.25) is 0 Å². The summed E-state index contributed by atoms with van der Waals surface area (Å²) in [5, 5.41) is 3.50. The Bertz CT molecular complexity index is 560. The van der Waals surface area contributed by atoms with Crippen LogP contribution in [-0.4, -0.2) is 13.1 Å². The molecule has 2 aromatic rings. The number of hydrogen-bond donors (Lipinski definition) is 1. The van der Waals surface area contributed by atoms with Crippen LogP contribution in [0.25, 0.3) is 0 Å². The Morgan fingerprint density at radius 3 is 1.85 bits per heavy atom. The molecule has 2 heteroatoms. The van der Waals surface area contributed by atoms with E-state index in [0.717, 1.165) is 11.5 Å². The van der Waals surface area contributed by atoms with Gasteiger partial charge in [0.25, 0.3) is 0 Å². The molecule has 1 aliphatic rings. The molecule has 0 saturated heterocycles. The molecule has 2 aromatic carbocycles. The van der Waals surface area contributed by atoms with Gasteiger partial charge in [-0.1, -0.05) is 50.2 Å². The number of likely N-dealkylation sites (N-methyl/N-ethyl adjacent to an activating group) is 1. The van der Waals surface area contributed by atoms with Gasteiger partial charge in [0, 0.05) is 23.1 Å². The van der Waals surface area contributed by atoms with Crippen LogP contribution in [0.1, 0.15) is 30.9 Å². The third kappa shape index (κ3) is 2.10. The summed E-state index contributed by atoms with van der Waals surface area (Å²) < 4.78 is 6.05. The summed E-state index contributed by atoms with van der Waals surface area (Å²) in [6, 6.07) is 17.1. The van der Waals surface area contributed by atoms with Crippen LogP contribution in [0, 0.1) is 5.92 Å². The van der Waals surface area contributed by atoms with Crippen molar-refractivity contribution < 1.29 is 4.74 Å². The second-order valence-corrected chi connectivity index (χ2v) is 5.71. The van der Waals surface area contributed by atoms with Gasteiger partial charge < -0.3 is 10.1 Å². The summed E-state index contributed by atoms with van der Waals surface area (Å²) >= 11 is 0. The first-order valence-corrected chi connectivity index (χ1v) is 7.25. The molecule has 0 aliphatic carbocycles. The molecule has 1 atom stereocenters. The number of fused-ring (bicyclic) bond motifs is 2. The molecule has 0 bridgehead atoms. The standard InChI is InChI=1S/C18H21NO/c1-12(2)18(19-3)17-13-8-4-6-10-15(13)20-16-11-7-5-9-14(16)17/h4-12,17-19H,1-3H3. The van der Waals surface area contributed by atoms with E-state index in [9.17, 15) is 0 Å². The normalized spacial score (nSPS) is 15.4. The minimum atomic E-state index is 0.334. The molecular weight excluding hydrogens is 246 g/mol. The quantitative estimate of drug-likeness (QED) is 0.901. The van der Waals surface area contributed by atoms with Crippen LogP contribution in [0.5, 0.6) is 11.5 Å². The van der Waals surface area contributed by atoms with E-state index in [1.807, 2.05) is 19.2 Å². The van der Waals surface area contributed by atoms with Crippen molar-refractivity contribution in [1.82, 2.24) is 5.32 Å². The summed E-state index contributed by atoms with van der Waals surface area (Å²) in [6.07, 6.45) is 0. The van der Waals surface area contributed by atoms with Crippen molar-refractivity contribution in [2.45, 2.75) is 25.8 Å². The van der Waals surface area contributed by atoms with E-state index in [1.54, 1.807) is 0 Å². The van der Waals surface area contributed by atoms with Crippen molar-refractivity contribution in [2.24, 2.45) is 5.92 Å². The maximum atomic E-state index is 6.05. The lowest BCUT2D eigenvalue weighted by atomic mass is 9.78. The van der Waals surface area contributed by atoms with E-state index >= 15 is 0 Å². The Balaban J connectivity index is 2.17. The molecule has 0 saturated carbocycles. The van der Waals surface area contributed by atoms with Crippen molar-refractivity contribution in [3.05, 3.63) is 59.7 Å². The van der Waals surface area contributed by atoms with Gasteiger partial charge in [0.1, 0.15) is 11.5 Å². The van der Waals surface area contributed by atoms with E-state index in [4.69, 9.17) is 4.74 Å². The van der Waals surface area contributed by atoms with Crippen molar-refractivity contribution in [3.8, 4) is 11.5 Å². The fourth-order valence-electron chi connectivity index (χ4n) is 3.22. The Morgan fingerprint density at radius 2 is 1.40 bits per heavy atom. The minimum absolute atomic E-state index is 0.334. The van der Waals surface area contributed by atoms with Crippen molar-refractivity contribution in [2.75, 3.05) is 7.05 Å². The van der Waals surface area contributed by atoms with Gasteiger partial charge in [-0.2, -0.15) is 0 Å². The molecule has 0 aromatic heterocycles. The first kappa shape index (κ1) is 13.2. The highest BCUT2D eigenvalue weighted by molar-refractivity contribution is 5.54. The van der Waals surface area contributed by atoms with Crippen molar-refractivity contribution >= 4 is 0 Å². The molecule has 0 spiro atoms. The Hall–Kier alpha value is -1.80. The fourth-order valence-corrected chi connectivity index (χ4v) is 3.22. The van der Waals surface area contributed by atoms with Crippen LogP contribution in [0.4, 0.5) is 0 Å². The highest BCUT2D eigenvalue weighted by Crippen LogP contribution is 2.46. The molecule has 1 aliphatic heterocycles. The lowest BCUT2D eigenvalue weighted by Gasteiger charge is -2.35. The van der Waals surface area contributed by atoms with Crippen LogP contribution >= 0.6 is 0 Å². The average Bonchev–Trinajstić information content (AvgIpc) is 2.47. The smallest absolute Gasteiger partial charge is 0.131 e. The molecule has 0 fully saturated rings. The van der Waals surface area contributed by atoms with E-state index in [2.05, 4.69) is 55.6 Å². The first-order valence-electron chi connectivity index (χ1n) is 7.25. The van der Waals surface area contributed by atoms with Crippen molar-refractivity contribution in [1.29, 1.82) is 0 Å². The molecule has 104 valence electrons. The second-order valence-electron chi connectivity index (χ2n) is 5.71. The number of para-hydroxylation sites is 2. The first-order chi connectivity index (χ1) is 9.72. The van der Waals surface area contributed by atoms with Gasteiger partial charge in [-0.05, 0) is 25.1 Å². The molecule has 1 unspecified atom stereocenters. The van der Waals surface area contributed by atoms with Gasteiger partial charge in [0.2, 0.25) is 0 Å². The van der Waals surface area contributed by atoms with E-state index in [0.29, 0.717) is 17.9 Å². The molecule has 3 rings (SSSR count). The van der Waals surface area contributed by atoms with E-state index in [-0.39, 0.29) is 0 Å². The molecule has 1 heterocycles. The van der Waals surface area contributed by atoms with Crippen LogP contribution in [0.3, 0.4) is 0 Å². The summed E-state index contributed by atoms with van der Waals surface area (Å²) in [5.74, 6) is 2.85. The van der Waals surface area contributed by atoms with Crippen LogP contribution < -0.4 is 10.1 Å². The highest BCUT2D eigenvalue weighted by Gasteiger charge is 2.33. The van der Waals surface area contributed by atoms with Crippen LogP contribution in [0.2, 0.25) is 0 Å². The topological polar surface area (TPSA) is 21.3 Å². The summed E-state index contributed by atoms with van der Waals surface area (Å²) in [4.78, 5) is 0. The van der Waals surface area contributed by atoms with E-state index < -0.39 is 0 Å². The zero-order chi connectivity index (χ0) is 14.1. The highest BCUT2D eigenvalue weighted by atomic mass is 16.5. The largest absolute Gasteiger partial charge is 0.457 e. The average molecular weight is 267 g/mol. The van der Waals surface area contributed by atoms with Gasteiger partial charge in [0.05, 0.1) is 0 Å². The lowest BCUT2D eigenvalue weighted by molar-refractivity contribution is 0.358.